The van der Waals surface area contributed by atoms with E-state index in [1.54, 1.807) is 0 Å². The maximum atomic E-state index is 11.1. The summed E-state index contributed by atoms with van der Waals surface area (Å²) < 4.78 is 4.69. The molecule has 0 bridgehead atoms. The van der Waals surface area contributed by atoms with Crippen molar-refractivity contribution < 1.29 is 9.53 Å². The van der Waals surface area contributed by atoms with E-state index < -0.39 is 0 Å². The van der Waals surface area contributed by atoms with Gasteiger partial charge in [-0.1, -0.05) is 110 Å². The van der Waals surface area contributed by atoms with Crippen molar-refractivity contribution in [1.82, 2.24) is 0 Å². The van der Waals surface area contributed by atoms with Crippen molar-refractivity contribution in [3.8, 4) is 0 Å². The summed E-state index contributed by atoms with van der Waals surface area (Å²) in [5.74, 6) is 0.587. The molecule has 0 aliphatic rings. The third-order valence-corrected chi connectivity index (χ3v) is 5.12. The SMILES string of the molecule is CCCCCCCCCCCCCCCCC(C)CCC(=O)OC. The molecular weight excluding hydrogens is 296 g/mol. The second-order valence-electron chi connectivity index (χ2n) is 7.60. The summed E-state index contributed by atoms with van der Waals surface area (Å²) in [7, 11) is 1.47. The molecule has 0 aliphatic carbocycles. The predicted octanol–water partition coefficient (Wildman–Crippen LogP) is 7.45. The van der Waals surface area contributed by atoms with E-state index in [0.717, 1.165) is 6.42 Å². The van der Waals surface area contributed by atoms with Gasteiger partial charge in [-0.2, -0.15) is 0 Å². The Morgan fingerprint density at radius 1 is 0.708 bits per heavy atom. The summed E-state index contributed by atoms with van der Waals surface area (Å²) in [4.78, 5) is 11.1. The zero-order valence-corrected chi connectivity index (χ0v) is 16.9. The third kappa shape index (κ3) is 17.8. The van der Waals surface area contributed by atoms with E-state index in [1.165, 1.54) is 103 Å². The fourth-order valence-corrected chi connectivity index (χ4v) is 3.30. The molecular formula is C22H44O2. The summed E-state index contributed by atoms with van der Waals surface area (Å²) in [5.41, 5.74) is 0. The third-order valence-electron chi connectivity index (χ3n) is 5.12. The van der Waals surface area contributed by atoms with Gasteiger partial charge in [0.05, 0.1) is 7.11 Å². The Hall–Kier alpha value is -0.530. The fraction of sp³-hybridized carbons (Fsp3) is 0.955. The minimum absolute atomic E-state index is 0.0668. The number of hydrogen-bond acceptors (Lipinski definition) is 2. The Morgan fingerprint density at radius 3 is 1.54 bits per heavy atom. The van der Waals surface area contributed by atoms with Crippen LogP contribution in [0.1, 0.15) is 123 Å². The van der Waals surface area contributed by atoms with Crippen LogP contribution in [-0.4, -0.2) is 13.1 Å². The quantitative estimate of drug-likeness (QED) is 0.191. The van der Waals surface area contributed by atoms with Gasteiger partial charge in [-0.15, -0.1) is 0 Å². The molecule has 0 aromatic rings. The summed E-state index contributed by atoms with van der Waals surface area (Å²) in [6, 6.07) is 0. The summed E-state index contributed by atoms with van der Waals surface area (Å²) in [6.07, 6.45) is 22.6. The van der Waals surface area contributed by atoms with Crippen LogP contribution in [-0.2, 0) is 9.53 Å². The normalized spacial score (nSPS) is 12.3. The maximum absolute atomic E-state index is 11.1. The lowest BCUT2D eigenvalue weighted by molar-refractivity contribution is -0.140. The smallest absolute Gasteiger partial charge is 0.305 e. The van der Waals surface area contributed by atoms with Gasteiger partial charge in [0.15, 0.2) is 0 Å². The molecule has 0 amide bonds. The van der Waals surface area contributed by atoms with E-state index in [2.05, 4.69) is 18.6 Å². The standard InChI is InChI=1S/C22H44O2/c1-4-5-6-7-8-9-10-11-12-13-14-15-16-17-18-21(2)19-20-22(23)24-3/h21H,4-20H2,1-3H3. The molecule has 0 radical (unpaired) electrons. The van der Waals surface area contributed by atoms with E-state index >= 15 is 0 Å². The van der Waals surface area contributed by atoms with Gasteiger partial charge in [0.1, 0.15) is 0 Å². The highest BCUT2D eigenvalue weighted by molar-refractivity contribution is 5.69. The summed E-state index contributed by atoms with van der Waals surface area (Å²) in [6.45, 7) is 4.54. The highest BCUT2D eigenvalue weighted by atomic mass is 16.5. The highest BCUT2D eigenvalue weighted by Crippen LogP contribution is 2.17. The van der Waals surface area contributed by atoms with Crippen LogP contribution in [0.3, 0.4) is 0 Å². The van der Waals surface area contributed by atoms with Crippen molar-refractivity contribution in [2.45, 2.75) is 123 Å². The number of unbranched alkanes of at least 4 members (excludes halogenated alkanes) is 13. The average Bonchev–Trinajstić information content (AvgIpc) is 2.59. The Labute approximate surface area is 152 Å². The first-order valence-electron chi connectivity index (χ1n) is 10.8. The molecule has 0 spiro atoms. The first-order chi connectivity index (χ1) is 11.7. The largest absolute Gasteiger partial charge is 0.469 e. The molecule has 24 heavy (non-hydrogen) atoms. The fourth-order valence-electron chi connectivity index (χ4n) is 3.30. The molecule has 0 N–H and O–H groups in total. The number of rotatable bonds is 18. The van der Waals surface area contributed by atoms with Crippen LogP contribution < -0.4 is 0 Å². The van der Waals surface area contributed by atoms with E-state index in [9.17, 15) is 4.79 Å². The number of hydrogen-bond donors (Lipinski definition) is 0. The molecule has 2 nitrogen and oxygen atoms in total. The first-order valence-corrected chi connectivity index (χ1v) is 10.8. The Balaban J connectivity index is 3.13. The van der Waals surface area contributed by atoms with Gasteiger partial charge in [0.2, 0.25) is 0 Å². The molecule has 144 valence electrons. The number of carbonyl (C=O) groups is 1. The molecule has 0 saturated carbocycles. The van der Waals surface area contributed by atoms with E-state index in [0.29, 0.717) is 12.3 Å². The van der Waals surface area contributed by atoms with Crippen molar-refractivity contribution in [3.05, 3.63) is 0 Å². The number of methoxy groups -OCH3 is 1. The van der Waals surface area contributed by atoms with Gasteiger partial charge < -0.3 is 4.74 Å². The molecule has 1 atom stereocenters. The van der Waals surface area contributed by atoms with Crippen molar-refractivity contribution in [3.63, 3.8) is 0 Å². The predicted molar refractivity (Wildman–Crippen MR) is 105 cm³/mol. The van der Waals surface area contributed by atoms with E-state index in [-0.39, 0.29) is 5.97 Å². The second-order valence-corrected chi connectivity index (χ2v) is 7.60. The molecule has 0 fully saturated rings. The summed E-state index contributed by atoms with van der Waals surface area (Å²) >= 11 is 0. The van der Waals surface area contributed by atoms with Gasteiger partial charge in [-0.25, -0.2) is 0 Å². The lowest BCUT2D eigenvalue weighted by Gasteiger charge is -2.10. The van der Waals surface area contributed by atoms with Gasteiger partial charge in [-0.3, -0.25) is 4.79 Å². The van der Waals surface area contributed by atoms with Crippen LogP contribution in [0.25, 0.3) is 0 Å². The average molecular weight is 341 g/mol. The topological polar surface area (TPSA) is 26.3 Å². The highest BCUT2D eigenvalue weighted by Gasteiger charge is 2.06. The molecule has 0 aromatic carbocycles. The van der Waals surface area contributed by atoms with Crippen molar-refractivity contribution in [1.29, 1.82) is 0 Å². The summed E-state index contributed by atoms with van der Waals surface area (Å²) in [5, 5.41) is 0. The van der Waals surface area contributed by atoms with Crippen LogP contribution in [0.2, 0.25) is 0 Å². The molecule has 2 heteroatoms. The Morgan fingerprint density at radius 2 is 1.12 bits per heavy atom. The monoisotopic (exact) mass is 340 g/mol. The van der Waals surface area contributed by atoms with Crippen molar-refractivity contribution in [2.24, 2.45) is 5.92 Å². The first kappa shape index (κ1) is 23.5. The lowest BCUT2D eigenvalue weighted by atomic mass is 9.97. The van der Waals surface area contributed by atoms with Crippen LogP contribution in [0.4, 0.5) is 0 Å². The Kier molecular flexibility index (Phi) is 18.4. The zero-order valence-electron chi connectivity index (χ0n) is 16.9. The molecule has 0 aliphatic heterocycles. The molecule has 0 rings (SSSR count). The van der Waals surface area contributed by atoms with Crippen LogP contribution in [0, 0.1) is 5.92 Å². The zero-order chi connectivity index (χ0) is 17.9. The van der Waals surface area contributed by atoms with Crippen LogP contribution >= 0.6 is 0 Å². The second kappa shape index (κ2) is 18.8. The number of esters is 1. The van der Waals surface area contributed by atoms with E-state index in [4.69, 9.17) is 0 Å². The number of ether oxygens (including phenoxy) is 1. The lowest BCUT2D eigenvalue weighted by Crippen LogP contribution is -2.04. The van der Waals surface area contributed by atoms with Crippen molar-refractivity contribution >= 4 is 5.97 Å². The van der Waals surface area contributed by atoms with Crippen molar-refractivity contribution in [2.75, 3.05) is 7.11 Å². The maximum Gasteiger partial charge on any atom is 0.305 e. The van der Waals surface area contributed by atoms with Gasteiger partial charge in [-0.05, 0) is 12.3 Å². The van der Waals surface area contributed by atoms with Crippen LogP contribution in [0.5, 0.6) is 0 Å². The number of carbonyl (C=O) groups excluding carboxylic acids is 1. The minimum Gasteiger partial charge on any atom is -0.469 e. The van der Waals surface area contributed by atoms with Crippen LogP contribution in [0.15, 0.2) is 0 Å². The molecule has 0 saturated heterocycles. The molecule has 0 aromatic heterocycles. The Bertz CT molecular complexity index is 263. The van der Waals surface area contributed by atoms with Gasteiger partial charge in [0.25, 0.3) is 0 Å². The molecule has 0 heterocycles. The van der Waals surface area contributed by atoms with Gasteiger partial charge in [0, 0.05) is 6.42 Å². The molecule has 1 unspecified atom stereocenters. The minimum atomic E-state index is -0.0668. The van der Waals surface area contributed by atoms with E-state index in [1.807, 2.05) is 0 Å². The van der Waals surface area contributed by atoms with Gasteiger partial charge >= 0.3 is 5.97 Å².